The molecule has 2 aliphatic rings. The summed E-state index contributed by atoms with van der Waals surface area (Å²) in [7, 11) is 0. The summed E-state index contributed by atoms with van der Waals surface area (Å²) in [6, 6.07) is 8.29. The van der Waals surface area contributed by atoms with E-state index in [9.17, 15) is 4.79 Å². The van der Waals surface area contributed by atoms with Crippen LogP contribution in [0.15, 0.2) is 29.3 Å². The van der Waals surface area contributed by atoms with Crippen LogP contribution in [0.2, 0.25) is 0 Å². The van der Waals surface area contributed by atoms with Crippen molar-refractivity contribution in [2.45, 2.75) is 31.4 Å². The van der Waals surface area contributed by atoms with Crippen molar-refractivity contribution in [2.24, 2.45) is 10.9 Å². The highest BCUT2D eigenvalue weighted by Crippen LogP contribution is 2.34. The number of rotatable bonds is 4. The molecule has 3 nitrogen and oxygen atoms in total. The summed E-state index contributed by atoms with van der Waals surface area (Å²) in [6.07, 6.45) is 4.55. The number of nitrogens with one attached hydrogen (secondary N) is 1. The Balaban J connectivity index is 1.42. The number of hydrogen-bond donors (Lipinski definition) is 1. The molecule has 1 aliphatic heterocycles. The molecule has 112 valence electrons. The molecule has 1 amide bonds. The van der Waals surface area contributed by atoms with E-state index in [2.05, 4.69) is 28.5 Å². The van der Waals surface area contributed by atoms with Crippen molar-refractivity contribution in [3.63, 3.8) is 0 Å². The van der Waals surface area contributed by atoms with Gasteiger partial charge in [-0.15, -0.1) is 0 Å². The summed E-state index contributed by atoms with van der Waals surface area (Å²) < 4.78 is 1.11. The van der Waals surface area contributed by atoms with Gasteiger partial charge in [0.25, 0.3) is 0 Å². The van der Waals surface area contributed by atoms with E-state index in [1.165, 1.54) is 18.4 Å². The largest absolute Gasteiger partial charge is 0.355 e. The summed E-state index contributed by atoms with van der Waals surface area (Å²) in [5.74, 6) is 2.41. The molecule has 0 radical (unpaired) electrons. The normalized spacial score (nSPS) is 18.2. The van der Waals surface area contributed by atoms with Crippen molar-refractivity contribution < 1.29 is 4.79 Å². The summed E-state index contributed by atoms with van der Waals surface area (Å²) in [6.45, 7) is 0.737. The predicted molar refractivity (Wildman–Crippen MR) is 92.3 cm³/mol. The highest BCUT2D eigenvalue weighted by molar-refractivity contribution is 8.38. The van der Waals surface area contributed by atoms with Crippen LogP contribution in [0.3, 0.4) is 0 Å². The van der Waals surface area contributed by atoms with Gasteiger partial charge in [0.15, 0.2) is 0 Å². The van der Waals surface area contributed by atoms with Gasteiger partial charge in [0, 0.05) is 24.0 Å². The maximum Gasteiger partial charge on any atom is 0.223 e. The van der Waals surface area contributed by atoms with Gasteiger partial charge in [-0.05, 0) is 24.5 Å². The molecule has 0 atom stereocenters. The predicted octanol–water partition coefficient (Wildman–Crippen LogP) is 3.96. The third-order valence-corrected chi connectivity index (χ3v) is 6.15. The lowest BCUT2D eigenvalue weighted by Gasteiger charge is -2.14. The molecule has 3 rings (SSSR count). The van der Waals surface area contributed by atoms with Gasteiger partial charge in [-0.25, -0.2) is 4.99 Å². The molecule has 1 aromatic rings. The smallest absolute Gasteiger partial charge is 0.223 e. The molecule has 0 aromatic heterocycles. The molecule has 1 N–H and O–H groups in total. The Kier molecular flexibility index (Phi) is 5.25. The molecule has 0 spiro atoms. The van der Waals surface area contributed by atoms with E-state index in [0.717, 1.165) is 41.0 Å². The first-order valence-electron chi connectivity index (χ1n) is 7.53. The molecule has 1 fully saturated rings. The first-order valence-corrected chi connectivity index (χ1v) is 9.50. The number of hydrogen-bond acceptors (Lipinski definition) is 4. The number of aliphatic imine (C=N–C) groups is 1. The van der Waals surface area contributed by atoms with E-state index in [-0.39, 0.29) is 11.8 Å². The number of amides is 1. The highest BCUT2D eigenvalue weighted by Gasteiger charge is 2.22. The second-order valence-corrected chi connectivity index (χ2v) is 7.72. The van der Waals surface area contributed by atoms with Crippen molar-refractivity contribution in [2.75, 3.05) is 12.3 Å². The molecule has 1 saturated carbocycles. The molecule has 1 aliphatic carbocycles. The van der Waals surface area contributed by atoms with E-state index < -0.39 is 0 Å². The van der Waals surface area contributed by atoms with E-state index in [1.54, 1.807) is 23.5 Å². The molecule has 21 heavy (non-hydrogen) atoms. The van der Waals surface area contributed by atoms with Crippen LogP contribution >= 0.6 is 23.5 Å². The molecule has 1 aromatic carbocycles. The van der Waals surface area contributed by atoms with Crippen molar-refractivity contribution in [1.29, 1.82) is 0 Å². The van der Waals surface area contributed by atoms with Gasteiger partial charge < -0.3 is 5.32 Å². The second-order valence-electron chi connectivity index (χ2n) is 5.42. The lowest BCUT2D eigenvalue weighted by Crippen LogP contribution is -2.31. The molecule has 0 bridgehead atoms. The Bertz CT molecular complexity index is 539. The van der Waals surface area contributed by atoms with Gasteiger partial charge in [-0.2, -0.15) is 0 Å². The minimum Gasteiger partial charge on any atom is -0.355 e. The fraction of sp³-hybridized carbons (Fsp3) is 0.500. The van der Waals surface area contributed by atoms with Crippen LogP contribution in [0, 0.1) is 5.92 Å². The zero-order chi connectivity index (χ0) is 14.5. The highest BCUT2D eigenvalue weighted by atomic mass is 32.2. The van der Waals surface area contributed by atoms with E-state index in [0.29, 0.717) is 0 Å². The SMILES string of the molecule is O=C(NCCSC1=Nc2ccccc2CS1)C1CCCC1. The average Bonchev–Trinajstić information content (AvgIpc) is 3.06. The Morgan fingerprint density at radius 2 is 2.14 bits per heavy atom. The van der Waals surface area contributed by atoms with Crippen molar-refractivity contribution >= 4 is 39.5 Å². The van der Waals surface area contributed by atoms with Gasteiger partial charge >= 0.3 is 0 Å². The fourth-order valence-electron chi connectivity index (χ4n) is 2.73. The number of thioether (sulfide) groups is 2. The summed E-state index contributed by atoms with van der Waals surface area (Å²) in [4.78, 5) is 16.6. The van der Waals surface area contributed by atoms with Crippen LogP contribution in [-0.2, 0) is 10.5 Å². The lowest BCUT2D eigenvalue weighted by molar-refractivity contribution is -0.124. The van der Waals surface area contributed by atoms with E-state index >= 15 is 0 Å². The van der Waals surface area contributed by atoms with Crippen LogP contribution in [0.4, 0.5) is 5.69 Å². The number of nitrogens with zero attached hydrogens (tertiary/aromatic N) is 1. The maximum absolute atomic E-state index is 11.9. The van der Waals surface area contributed by atoms with Crippen LogP contribution in [-0.4, -0.2) is 22.6 Å². The number of carbonyl (C=O) groups is 1. The summed E-state index contributed by atoms with van der Waals surface area (Å²) in [5.41, 5.74) is 2.40. The molecule has 0 saturated heterocycles. The maximum atomic E-state index is 11.9. The van der Waals surface area contributed by atoms with E-state index in [1.807, 2.05) is 6.07 Å². The Morgan fingerprint density at radius 1 is 1.33 bits per heavy atom. The minimum absolute atomic E-state index is 0.247. The van der Waals surface area contributed by atoms with Crippen LogP contribution in [0.1, 0.15) is 31.2 Å². The molecule has 0 unspecified atom stereocenters. The minimum atomic E-state index is 0.247. The van der Waals surface area contributed by atoms with Crippen LogP contribution in [0.5, 0.6) is 0 Å². The third kappa shape index (κ3) is 4.04. The lowest BCUT2D eigenvalue weighted by atomic mass is 10.1. The Morgan fingerprint density at radius 3 is 3.00 bits per heavy atom. The summed E-state index contributed by atoms with van der Waals surface area (Å²) >= 11 is 3.53. The van der Waals surface area contributed by atoms with Crippen molar-refractivity contribution in [1.82, 2.24) is 5.32 Å². The zero-order valence-corrected chi connectivity index (χ0v) is 13.6. The molecule has 5 heteroatoms. The molecular weight excluding hydrogens is 300 g/mol. The van der Waals surface area contributed by atoms with E-state index in [4.69, 9.17) is 0 Å². The second kappa shape index (κ2) is 7.36. The van der Waals surface area contributed by atoms with Crippen molar-refractivity contribution in [3.8, 4) is 0 Å². The first-order chi connectivity index (χ1) is 10.3. The number of carbonyl (C=O) groups excluding carboxylic acids is 1. The topological polar surface area (TPSA) is 41.5 Å². The van der Waals surface area contributed by atoms with Crippen LogP contribution < -0.4 is 5.32 Å². The number of para-hydroxylation sites is 1. The van der Waals surface area contributed by atoms with Gasteiger partial charge in [-0.3, -0.25) is 4.79 Å². The zero-order valence-electron chi connectivity index (χ0n) is 12.0. The third-order valence-electron chi connectivity index (χ3n) is 3.91. The monoisotopic (exact) mass is 320 g/mol. The first kappa shape index (κ1) is 15.0. The van der Waals surface area contributed by atoms with Gasteiger partial charge in [-0.1, -0.05) is 54.6 Å². The number of benzene rings is 1. The fourth-order valence-corrected chi connectivity index (χ4v) is 4.72. The standard InChI is InChI=1S/C16H20N2OS2/c19-15(12-5-1-2-6-12)17-9-10-20-16-18-14-8-4-3-7-13(14)11-21-16/h3-4,7-8,12H,1-2,5-6,9-11H2,(H,17,19). The molecular formula is C16H20N2OS2. The average molecular weight is 320 g/mol. The Hall–Kier alpha value is -0.940. The van der Waals surface area contributed by atoms with Crippen molar-refractivity contribution in [3.05, 3.63) is 29.8 Å². The van der Waals surface area contributed by atoms with Gasteiger partial charge in [0.1, 0.15) is 4.38 Å². The van der Waals surface area contributed by atoms with Crippen LogP contribution in [0.25, 0.3) is 0 Å². The van der Waals surface area contributed by atoms with Gasteiger partial charge in [0.05, 0.1) is 5.69 Å². The summed E-state index contributed by atoms with van der Waals surface area (Å²) in [5, 5.41) is 3.06. The Labute approximate surface area is 134 Å². The van der Waals surface area contributed by atoms with Gasteiger partial charge in [0.2, 0.25) is 5.91 Å². The molecule has 1 heterocycles. The quantitative estimate of drug-likeness (QED) is 0.854. The number of fused-ring (bicyclic) bond motifs is 1.